The first kappa shape index (κ1) is 17.7. The van der Waals surface area contributed by atoms with E-state index in [9.17, 15) is 9.59 Å². The van der Waals surface area contributed by atoms with E-state index in [-0.39, 0.29) is 5.91 Å². The third kappa shape index (κ3) is 2.86. The highest BCUT2D eigenvalue weighted by molar-refractivity contribution is 6.03. The number of anilines is 1. The van der Waals surface area contributed by atoms with Gasteiger partial charge in [0.2, 0.25) is 11.9 Å². The van der Waals surface area contributed by atoms with Crippen molar-refractivity contribution < 1.29 is 9.59 Å². The van der Waals surface area contributed by atoms with Crippen LogP contribution in [0.5, 0.6) is 0 Å². The molecule has 142 valence electrons. The summed E-state index contributed by atoms with van der Waals surface area (Å²) in [4.78, 5) is 33.3. The fourth-order valence-electron chi connectivity index (χ4n) is 3.24. The highest BCUT2D eigenvalue weighted by Crippen LogP contribution is 2.22. The number of hydrogen-bond acceptors (Lipinski definition) is 5. The number of carbonyl (C=O) groups is 2. The van der Waals surface area contributed by atoms with Crippen LogP contribution >= 0.6 is 0 Å². The van der Waals surface area contributed by atoms with Crippen molar-refractivity contribution in [1.82, 2.24) is 24.1 Å². The van der Waals surface area contributed by atoms with Gasteiger partial charge in [-0.25, -0.2) is 14.5 Å². The van der Waals surface area contributed by atoms with Crippen molar-refractivity contribution in [3.8, 4) is 0 Å². The number of nitrogens with zero attached hydrogens (tertiary/aromatic N) is 5. The van der Waals surface area contributed by atoms with Gasteiger partial charge in [0.1, 0.15) is 5.69 Å². The zero-order valence-corrected chi connectivity index (χ0v) is 15.7. The lowest BCUT2D eigenvalue weighted by Crippen LogP contribution is -2.20. The first-order valence-electron chi connectivity index (χ1n) is 8.83. The van der Waals surface area contributed by atoms with Crippen LogP contribution in [0.2, 0.25) is 0 Å². The van der Waals surface area contributed by atoms with E-state index >= 15 is 0 Å². The minimum atomic E-state index is -0.526. The van der Waals surface area contributed by atoms with E-state index in [1.54, 1.807) is 24.3 Å². The highest BCUT2D eigenvalue weighted by Gasteiger charge is 2.18. The second kappa shape index (κ2) is 6.45. The van der Waals surface area contributed by atoms with Gasteiger partial charge in [0.15, 0.2) is 5.65 Å². The molecule has 4 aromatic rings. The van der Waals surface area contributed by atoms with Gasteiger partial charge in [0.05, 0.1) is 16.7 Å². The van der Waals surface area contributed by atoms with Crippen LogP contribution in [0.25, 0.3) is 16.7 Å². The zero-order valence-electron chi connectivity index (χ0n) is 15.7. The van der Waals surface area contributed by atoms with Crippen LogP contribution in [0.3, 0.4) is 0 Å². The molecule has 0 bridgehead atoms. The molecule has 28 heavy (non-hydrogen) atoms. The Morgan fingerprint density at radius 3 is 2.61 bits per heavy atom. The summed E-state index contributed by atoms with van der Waals surface area (Å²) in [6.07, 6.45) is 0. The van der Waals surface area contributed by atoms with Gasteiger partial charge in [-0.3, -0.25) is 14.9 Å². The topological polar surface area (TPSA) is 120 Å². The smallest absolute Gasteiger partial charge is 0.276 e. The SMILES string of the molecule is CCn1c(NC(=O)c2cc(C)nc3cc(C)nn23)nc2cc(C(N)=O)ccc21. The van der Waals surface area contributed by atoms with E-state index in [1.807, 2.05) is 31.4 Å². The molecule has 4 rings (SSSR count). The number of fused-ring (bicyclic) bond motifs is 2. The number of imidazole rings is 1. The van der Waals surface area contributed by atoms with Gasteiger partial charge < -0.3 is 10.3 Å². The number of primary amides is 1. The Hall–Kier alpha value is -3.75. The average molecular weight is 377 g/mol. The Morgan fingerprint density at radius 2 is 1.89 bits per heavy atom. The van der Waals surface area contributed by atoms with E-state index in [1.165, 1.54) is 4.52 Å². The second-order valence-corrected chi connectivity index (χ2v) is 6.54. The maximum Gasteiger partial charge on any atom is 0.276 e. The lowest BCUT2D eigenvalue weighted by atomic mass is 10.2. The molecule has 0 saturated carbocycles. The first-order chi connectivity index (χ1) is 13.4. The molecule has 9 heteroatoms. The average Bonchev–Trinajstić information content (AvgIpc) is 3.18. The molecule has 9 nitrogen and oxygen atoms in total. The second-order valence-electron chi connectivity index (χ2n) is 6.54. The lowest BCUT2D eigenvalue weighted by Gasteiger charge is -2.09. The molecule has 0 saturated heterocycles. The van der Waals surface area contributed by atoms with Crippen molar-refractivity contribution in [2.45, 2.75) is 27.3 Å². The molecule has 1 aromatic carbocycles. The minimum absolute atomic E-state index is 0.348. The molecule has 3 aromatic heterocycles. The number of rotatable bonds is 4. The normalized spacial score (nSPS) is 11.2. The number of nitrogens with two attached hydrogens (primary N) is 1. The Balaban J connectivity index is 1.77. The number of amides is 2. The van der Waals surface area contributed by atoms with Gasteiger partial charge in [-0.1, -0.05) is 0 Å². The maximum absolute atomic E-state index is 13.0. The van der Waals surface area contributed by atoms with Gasteiger partial charge in [0.25, 0.3) is 5.91 Å². The Kier molecular flexibility index (Phi) is 4.07. The van der Waals surface area contributed by atoms with Crippen molar-refractivity contribution in [3.05, 3.63) is 53.0 Å². The summed E-state index contributed by atoms with van der Waals surface area (Å²) in [6, 6.07) is 8.53. The highest BCUT2D eigenvalue weighted by atomic mass is 16.2. The predicted molar refractivity (Wildman–Crippen MR) is 104 cm³/mol. The molecule has 0 unspecified atom stereocenters. The summed E-state index contributed by atoms with van der Waals surface area (Å²) < 4.78 is 3.37. The largest absolute Gasteiger partial charge is 0.366 e. The number of benzene rings is 1. The number of carbonyl (C=O) groups excluding carboxylic acids is 2. The molecule has 0 aliphatic rings. The molecule has 0 aliphatic carbocycles. The molecule has 0 atom stereocenters. The summed E-state index contributed by atoms with van der Waals surface area (Å²) in [5, 5.41) is 7.20. The van der Waals surface area contributed by atoms with Crippen molar-refractivity contribution in [1.29, 1.82) is 0 Å². The third-order valence-corrected chi connectivity index (χ3v) is 4.48. The Bertz CT molecular complexity index is 1250. The van der Waals surface area contributed by atoms with Crippen LogP contribution in [-0.2, 0) is 6.54 Å². The lowest BCUT2D eigenvalue weighted by molar-refractivity contribution is 0.0996. The van der Waals surface area contributed by atoms with E-state index in [4.69, 9.17) is 5.73 Å². The monoisotopic (exact) mass is 377 g/mol. The van der Waals surface area contributed by atoms with Crippen molar-refractivity contribution >= 4 is 34.4 Å². The molecule has 0 aliphatic heterocycles. The summed E-state index contributed by atoms with van der Waals surface area (Å²) in [7, 11) is 0. The van der Waals surface area contributed by atoms with Crippen molar-refractivity contribution in [2.24, 2.45) is 5.73 Å². The van der Waals surface area contributed by atoms with Gasteiger partial charge in [-0.15, -0.1) is 0 Å². The fraction of sp³-hybridized carbons (Fsp3) is 0.211. The third-order valence-electron chi connectivity index (χ3n) is 4.48. The molecule has 3 heterocycles. The number of aromatic nitrogens is 5. The summed E-state index contributed by atoms with van der Waals surface area (Å²) in [6.45, 7) is 6.21. The fourth-order valence-corrected chi connectivity index (χ4v) is 3.24. The van der Waals surface area contributed by atoms with E-state index in [0.717, 1.165) is 11.2 Å². The Labute approximate surface area is 160 Å². The summed E-state index contributed by atoms with van der Waals surface area (Å²) in [5.41, 5.74) is 9.56. The number of nitrogens with one attached hydrogen (secondary N) is 1. The molecular weight excluding hydrogens is 358 g/mol. The molecule has 0 spiro atoms. The molecular formula is C19H19N7O2. The van der Waals surface area contributed by atoms with Crippen LogP contribution in [0, 0.1) is 13.8 Å². The quantitative estimate of drug-likeness (QED) is 0.564. The predicted octanol–water partition coefficient (Wildman–Crippen LogP) is 2.07. The van der Waals surface area contributed by atoms with Crippen molar-refractivity contribution in [2.75, 3.05) is 5.32 Å². The van der Waals surface area contributed by atoms with Gasteiger partial charge in [-0.05, 0) is 45.0 Å². The van der Waals surface area contributed by atoms with Crippen LogP contribution < -0.4 is 11.1 Å². The van der Waals surface area contributed by atoms with Gasteiger partial charge in [-0.2, -0.15) is 5.10 Å². The molecule has 3 N–H and O–H groups in total. The number of hydrogen-bond donors (Lipinski definition) is 2. The van der Waals surface area contributed by atoms with Crippen LogP contribution in [-0.4, -0.2) is 36.0 Å². The molecule has 0 radical (unpaired) electrons. The maximum atomic E-state index is 13.0. The summed E-state index contributed by atoms with van der Waals surface area (Å²) >= 11 is 0. The zero-order chi connectivity index (χ0) is 20.0. The Morgan fingerprint density at radius 1 is 1.11 bits per heavy atom. The van der Waals surface area contributed by atoms with Crippen LogP contribution in [0.4, 0.5) is 5.95 Å². The van der Waals surface area contributed by atoms with E-state index in [2.05, 4.69) is 20.4 Å². The summed E-state index contributed by atoms with van der Waals surface area (Å²) in [5.74, 6) is -0.489. The molecule has 2 amide bonds. The van der Waals surface area contributed by atoms with Crippen LogP contribution in [0.1, 0.15) is 39.2 Å². The first-order valence-corrected chi connectivity index (χ1v) is 8.83. The van der Waals surface area contributed by atoms with E-state index < -0.39 is 5.91 Å². The molecule has 0 fully saturated rings. The van der Waals surface area contributed by atoms with Crippen LogP contribution in [0.15, 0.2) is 30.3 Å². The van der Waals surface area contributed by atoms with Gasteiger partial charge in [0, 0.05) is 23.9 Å². The van der Waals surface area contributed by atoms with Gasteiger partial charge >= 0.3 is 0 Å². The van der Waals surface area contributed by atoms with Crippen molar-refractivity contribution in [3.63, 3.8) is 0 Å². The standard InChI is InChI=1S/C19H19N7O2/c1-4-25-14-6-5-12(17(20)27)9-13(14)22-19(25)23-18(28)15-7-10(2)21-16-8-11(3)24-26(15)16/h5-9H,4H2,1-3H3,(H2,20,27)(H,22,23,28). The minimum Gasteiger partial charge on any atom is -0.366 e. The number of aryl methyl sites for hydroxylation is 3. The van der Waals surface area contributed by atoms with E-state index in [0.29, 0.717) is 40.6 Å².